The number of halogens is 3. The Kier molecular flexibility index (Phi) is 3.20. The number of pyridine rings is 1. The van der Waals surface area contributed by atoms with Crippen LogP contribution in [0.4, 0.5) is 0 Å². The third-order valence-electron chi connectivity index (χ3n) is 2.64. The molecule has 16 heavy (non-hydrogen) atoms. The Morgan fingerprint density at radius 3 is 2.56 bits per heavy atom. The van der Waals surface area contributed by atoms with E-state index in [1.165, 1.54) is 0 Å². The lowest BCUT2D eigenvalue weighted by atomic mass is 10.2. The number of hydrogen-bond acceptors (Lipinski definition) is 1. The number of aromatic nitrogens is 1. The van der Waals surface area contributed by atoms with E-state index in [2.05, 4.69) is 0 Å². The fourth-order valence-corrected chi connectivity index (χ4v) is 2.85. The first-order valence-electron chi connectivity index (χ1n) is 4.57. The Bertz CT molecular complexity index is 649. The van der Waals surface area contributed by atoms with E-state index >= 15 is 0 Å². The van der Waals surface area contributed by atoms with Crippen molar-refractivity contribution in [2.24, 2.45) is 7.05 Å². The molecule has 0 amide bonds. The molecule has 0 saturated carbocycles. The summed E-state index contributed by atoms with van der Waals surface area (Å²) >= 11 is 14.0. The van der Waals surface area contributed by atoms with E-state index in [1.807, 2.05) is 41.1 Å². The van der Waals surface area contributed by atoms with Crippen LogP contribution in [0.5, 0.6) is 0 Å². The Morgan fingerprint density at radius 1 is 1.31 bits per heavy atom. The largest absolute Gasteiger partial charge is 0.347 e. The molecule has 0 aliphatic heterocycles. The van der Waals surface area contributed by atoms with Crippen LogP contribution in [-0.4, -0.2) is 4.57 Å². The molecule has 5 heteroatoms. The van der Waals surface area contributed by atoms with Crippen molar-refractivity contribution in [3.63, 3.8) is 0 Å². The number of nitrogens with zero attached hydrogens (tertiary/aromatic N) is 1. The van der Waals surface area contributed by atoms with Crippen LogP contribution in [0.2, 0.25) is 10.0 Å². The average Bonchev–Trinajstić information content (AvgIpc) is 2.22. The van der Waals surface area contributed by atoms with Crippen molar-refractivity contribution in [2.45, 2.75) is 6.92 Å². The summed E-state index contributed by atoms with van der Waals surface area (Å²) in [6.45, 7) is 1.90. The lowest BCUT2D eigenvalue weighted by Crippen LogP contribution is -2.15. The summed E-state index contributed by atoms with van der Waals surface area (Å²) in [5.41, 5.74) is 1.64. The van der Waals surface area contributed by atoms with E-state index in [9.17, 15) is 4.79 Å². The summed E-state index contributed by atoms with van der Waals surface area (Å²) in [5.74, 6) is 0. The van der Waals surface area contributed by atoms with Crippen LogP contribution in [0.3, 0.4) is 0 Å². The second kappa shape index (κ2) is 4.20. The van der Waals surface area contributed by atoms with Crippen molar-refractivity contribution in [1.82, 2.24) is 4.57 Å². The molecule has 0 aliphatic rings. The lowest BCUT2D eigenvalue weighted by Gasteiger charge is -2.12. The summed E-state index contributed by atoms with van der Waals surface area (Å²) in [4.78, 5) is 12.1. The molecule has 2 rings (SSSR count). The molecule has 0 atom stereocenters. The van der Waals surface area contributed by atoms with Crippen LogP contribution in [0.1, 0.15) is 5.69 Å². The number of aryl methyl sites for hydroxylation is 1. The van der Waals surface area contributed by atoms with Crippen LogP contribution in [-0.2, 0) is 7.05 Å². The van der Waals surface area contributed by atoms with Gasteiger partial charge in [-0.15, -0.1) is 0 Å². The summed E-state index contributed by atoms with van der Waals surface area (Å²) in [7, 11) is 1.89. The SMILES string of the molecule is Cc1c(I)c(=O)c2c(Cl)cc(Cl)cc2n1C. The van der Waals surface area contributed by atoms with Gasteiger partial charge in [-0.05, 0) is 41.6 Å². The molecule has 1 heterocycles. The molecule has 0 saturated heterocycles. The first-order valence-corrected chi connectivity index (χ1v) is 6.40. The van der Waals surface area contributed by atoms with Gasteiger partial charge >= 0.3 is 0 Å². The molecule has 0 radical (unpaired) electrons. The van der Waals surface area contributed by atoms with Gasteiger partial charge < -0.3 is 4.57 Å². The van der Waals surface area contributed by atoms with E-state index in [0.717, 1.165) is 11.2 Å². The van der Waals surface area contributed by atoms with Crippen LogP contribution in [0, 0.1) is 10.5 Å². The monoisotopic (exact) mass is 367 g/mol. The Morgan fingerprint density at radius 2 is 1.94 bits per heavy atom. The summed E-state index contributed by atoms with van der Waals surface area (Å²) < 4.78 is 2.62. The predicted molar refractivity (Wildman–Crippen MR) is 76.7 cm³/mol. The summed E-state index contributed by atoms with van der Waals surface area (Å²) in [6, 6.07) is 3.35. The molecule has 0 spiro atoms. The van der Waals surface area contributed by atoms with Crippen LogP contribution >= 0.6 is 45.8 Å². The molecular formula is C11H8Cl2INO. The molecule has 84 valence electrons. The Labute approximate surface area is 116 Å². The summed E-state index contributed by atoms with van der Waals surface area (Å²) in [5, 5.41) is 1.47. The minimum Gasteiger partial charge on any atom is -0.347 e. The highest BCUT2D eigenvalue weighted by Gasteiger charge is 2.13. The average molecular weight is 368 g/mol. The first kappa shape index (κ1) is 12.2. The van der Waals surface area contributed by atoms with E-state index < -0.39 is 0 Å². The predicted octanol–water partition coefficient (Wildman–Crippen LogP) is 3.76. The van der Waals surface area contributed by atoms with Crippen LogP contribution in [0.15, 0.2) is 16.9 Å². The second-order valence-corrected chi connectivity index (χ2v) is 5.49. The maximum atomic E-state index is 12.1. The normalized spacial score (nSPS) is 11.1. The molecule has 1 aromatic heterocycles. The maximum absolute atomic E-state index is 12.1. The minimum absolute atomic E-state index is 0.0344. The highest BCUT2D eigenvalue weighted by atomic mass is 127. The van der Waals surface area contributed by atoms with E-state index in [0.29, 0.717) is 19.0 Å². The van der Waals surface area contributed by atoms with E-state index in [-0.39, 0.29) is 5.43 Å². The zero-order chi connectivity index (χ0) is 12.0. The fourth-order valence-electron chi connectivity index (χ4n) is 1.65. The number of benzene rings is 1. The van der Waals surface area contributed by atoms with Gasteiger partial charge in [0.2, 0.25) is 5.43 Å². The third-order valence-corrected chi connectivity index (χ3v) is 4.43. The van der Waals surface area contributed by atoms with Crippen molar-refractivity contribution >= 4 is 56.7 Å². The first-order chi connectivity index (χ1) is 7.43. The molecule has 0 bridgehead atoms. The maximum Gasteiger partial charge on any atom is 0.204 e. The number of fused-ring (bicyclic) bond motifs is 1. The molecule has 2 aromatic rings. The third kappa shape index (κ3) is 1.75. The quantitative estimate of drug-likeness (QED) is 0.650. The molecule has 0 N–H and O–H groups in total. The second-order valence-electron chi connectivity index (χ2n) is 3.57. The van der Waals surface area contributed by atoms with Gasteiger partial charge in [0.1, 0.15) is 0 Å². The molecule has 0 unspecified atom stereocenters. The number of rotatable bonds is 0. The van der Waals surface area contributed by atoms with Gasteiger partial charge in [-0.1, -0.05) is 23.2 Å². The fraction of sp³-hybridized carbons (Fsp3) is 0.182. The molecular weight excluding hydrogens is 360 g/mol. The lowest BCUT2D eigenvalue weighted by molar-refractivity contribution is 0.889. The van der Waals surface area contributed by atoms with Gasteiger partial charge in [0.25, 0.3) is 0 Å². The summed E-state index contributed by atoms with van der Waals surface area (Å²) in [6.07, 6.45) is 0. The molecule has 0 aliphatic carbocycles. The Hall–Kier alpha value is -0.260. The molecule has 2 nitrogen and oxygen atoms in total. The van der Waals surface area contributed by atoms with Gasteiger partial charge in [0.05, 0.1) is 19.5 Å². The molecule has 1 aromatic carbocycles. The van der Waals surface area contributed by atoms with Gasteiger partial charge in [-0.25, -0.2) is 0 Å². The van der Waals surface area contributed by atoms with Gasteiger partial charge in [0.15, 0.2) is 0 Å². The Balaban J connectivity index is 3.15. The number of hydrogen-bond donors (Lipinski definition) is 0. The van der Waals surface area contributed by atoms with Crippen molar-refractivity contribution in [3.05, 3.63) is 41.7 Å². The zero-order valence-corrected chi connectivity index (χ0v) is 12.3. The smallest absolute Gasteiger partial charge is 0.204 e. The zero-order valence-electron chi connectivity index (χ0n) is 8.64. The highest BCUT2D eigenvalue weighted by molar-refractivity contribution is 14.1. The standard InChI is InChI=1S/C11H8Cl2INO/c1-5-10(14)11(16)9-7(13)3-6(12)4-8(9)15(5)2/h3-4H,1-2H3. The van der Waals surface area contributed by atoms with Crippen molar-refractivity contribution in [3.8, 4) is 0 Å². The topological polar surface area (TPSA) is 22.0 Å². The van der Waals surface area contributed by atoms with Gasteiger partial charge in [-0.2, -0.15) is 0 Å². The van der Waals surface area contributed by atoms with E-state index in [1.54, 1.807) is 12.1 Å². The van der Waals surface area contributed by atoms with Gasteiger partial charge in [0, 0.05) is 17.8 Å². The highest BCUT2D eigenvalue weighted by Crippen LogP contribution is 2.27. The molecule has 0 fully saturated rings. The minimum atomic E-state index is -0.0344. The van der Waals surface area contributed by atoms with E-state index in [4.69, 9.17) is 23.2 Å². The van der Waals surface area contributed by atoms with Gasteiger partial charge in [-0.3, -0.25) is 4.79 Å². The van der Waals surface area contributed by atoms with Crippen LogP contribution < -0.4 is 5.43 Å². The van der Waals surface area contributed by atoms with Crippen molar-refractivity contribution < 1.29 is 0 Å². The van der Waals surface area contributed by atoms with Crippen molar-refractivity contribution in [2.75, 3.05) is 0 Å². The van der Waals surface area contributed by atoms with Crippen molar-refractivity contribution in [1.29, 1.82) is 0 Å². The van der Waals surface area contributed by atoms with Crippen LogP contribution in [0.25, 0.3) is 10.9 Å².